The topological polar surface area (TPSA) is 104 Å². The van der Waals surface area contributed by atoms with Crippen molar-refractivity contribution in [3.63, 3.8) is 0 Å². The van der Waals surface area contributed by atoms with E-state index in [9.17, 15) is 28.0 Å². The third-order valence-corrected chi connectivity index (χ3v) is 6.25. The number of hydrogen-bond acceptors (Lipinski definition) is 5. The van der Waals surface area contributed by atoms with Crippen molar-refractivity contribution in [2.24, 2.45) is 0 Å². The number of allylic oxidation sites excluding steroid dienone is 2. The third kappa shape index (κ3) is 5.84. The van der Waals surface area contributed by atoms with Gasteiger partial charge in [-0.3, -0.25) is 14.6 Å². The summed E-state index contributed by atoms with van der Waals surface area (Å²) >= 11 is 6.22. The van der Waals surface area contributed by atoms with Crippen LogP contribution in [0.1, 0.15) is 35.2 Å². The van der Waals surface area contributed by atoms with Crippen molar-refractivity contribution in [3.8, 4) is 6.07 Å². The van der Waals surface area contributed by atoms with Crippen molar-refractivity contribution >= 4 is 29.2 Å². The smallest absolute Gasteiger partial charge is 0.433 e. The highest BCUT2D eigenvalue weighted by Gasteiger charge is 2.50. The maximum absolute atomic E-state index is 14.2. The van der Waals surface area contributed by atoms with Gasteiger partial charge in [0.15, 0.2) is 0 Å². The standard InChI is InChI=1S/C26H23ClF3N3O4/c1-16-6-3-4-7-20(16)33(2)24(36)25(19-15-32-21(26(28,29)30)12-17(19)14-31)10-9-18(27)13-22(25)37-11-5-8-23(34)35/h3-4,6-7,9-10,12-13,15,22H,5,8,11H2,1-2H3,(H,34,35). The second-order valence-corrected chi connectivity index (χ2v) is 8.85. The average Bonchev–Trinajstić information content (AvgIpc) is 2.85. The number of anilines is 1. The number of carbonyl (C=O) groups excluding carboxylic acids is 1. The third-order valence-electron chi connectivity index (χ3n) is 5.99. The van der Waals surface area contributed by atoms with Crippen LogP contribution in [0.5, 0.6) is 0 Å². The van der Waals surface area contributed by atoms with E-state index in [1.54, 1.807) is 37.3 Å². The predicted octanol–water partition coefficient (Wildman–Crippen LogP) is 5.12. The minimum atomic E-state index is -4.81. The van der Waals surface area contributed by atoms with Gasteiger partial charge in [-0.25, -0.2) is 0 Å². The predicted molar refractivity (Wildman–Crippen MR) is 130 cm³/mol. The zero-order chi connectivity index (χ0) is 27.4. The number of nitrogens with zero attached hydrogens (tertiary/aromatic N) is 3. The molecule has 0 saturated carbocycles. The van der Waals surface area contributed by atoms with Gasteiger partial charge in [0, 0.05) is 42.6 Å². The van der Waals surface area contributed by atoms with E-state index in [1.165, 1.54) is 30.2 Å². The molecule has 194 valence electrons. The van der Waals surface area contributed by atoms with E-state index >= 15 is 0 Å². The highest BCUT2D eigenvalue weighted by atomic mass is 35.5. The van der Waals surface area contributed by atoms with Gasteiger partial charge >= 0.3 is 12.1 Å². The molecule has 1 amide bonds. The van der Waals surface area contributed by atoms with E-state index in [-0.39, 0.29) is 30.0 Å². The van der Waals surface area contributed by atoms with Gasteiger partial charge in [0.2, 0.25) is 5.91 Å². The van der Waals surface area contributed by atoms with Gasteiger partial charge in [-0.2, -0.15) is 18.4 Å². The lowest BCUT2D eigenvalue weighted by atomic mass is 9.70. The van der Waals surface area contributed by atoms with Gasteiger partial charge in [0.1, 0.15) is 11.1 Å². The lowest BCUT2D eigenvalue weighted by molar-refractivity contribution is -0.141. The molecule has 11 heteroatoms. The molecule has 1 aromatic carbocycles. The van der Waals surface area contributed by atoms with Crippen LogP contribution in [0.3, 0.4) is 0 Å². The number of aryl methyl sites for hydroxylation is 1. The van der Waals surface area contributed by atoms with Gasteiger partial charge in [-0.1, -0.05) is 35.9 Å². The number of carbonyl (C=O) groups is 2. The summed E-state index contributed by atoms with van der Waals surface area (Å²) in [6.45, 7) is 1.70. The second kappa shape index (κ2) is 11.2. The van der Waals surface area contributed by atoms with E-state index in [0.29, 0.717) is 11.8 Å². The van der Waals surface area contributed by atoms with Crippen molar-refractivity contribution in [2.75, 3.05) is 18.6 Å². The number of benzene rings is 1. The van der Waals surface area contributed by atoms with E-state index < -0.39 is 40.8 Å². The number of rotatable bonds is 8. The Morgan fingerprint density at radius 1 is 1.32 bits per heavy atom. The molecule has 1 heterocycles. The van der Waals surface area contributed by atoms with Crippen LogP contribution in [0.15, 0.2) is 59.8 Å². The van der Waals surface area contributed by atoms with Crippen LogP contribution in [0.25, 0.3) is 0 Å². The van der Waals surface area contributed by atoms with Crippen molar-refractivity contribution in [1.29, 1.82) is 5.26 Å². The Morgan fingerprint density at radius 3 is 2.65 bits per heavy atom. The van der Waals surface area contributed by atoms with Crippen molar-refractivity contribution in [1.82, 2.24) is 4.98 Å². The maximum atomic E-state index is 14.2. The second-order valence-electron chi connectivity index (χ2n) is 8.42. The molecule has 2 aromatic rings. The average molecular weight is 534 g/mol. The maximum Gasteiger partial charge on any atom is 0.433 e. The number of carboxylic acid groups (broad SMARTS) is 1. The SMILES string of the molecule is Cc1ccccc1N(C)C(=O)C1(c2cnc(C(F)(F)F)cc2C#N)C=CC(Cl)=CC1OCCCC(=O)O. The van der Waals surface area contributed by atoms with Crippen LogP contribution >= 0.6 is 11.6 Å². The quantitative estimate of drug-likeness (QED) is 0.472. The van der Waals surface area contributed by atoms with Crippen molar-refractivity contribution < 1.29 is 32.6 Å². The van der Waals surface area contributed by atoms with E-state index in [4.69, 9.17) is 21.4 Å². The van der Waals surface area contributed by atoms with E-state index in [2.05, 4.69) is 4.98 Å². The number of carboxylic acids is 1. The number of pyridine rings is 1. The van der Waals surface area contributed by atoms with Gasteiger partial charge in [0.05, 0.1) is 17.7 Å². The summed E-state index contributed by atoms with van der Waals surface area (Å²) in [6.07, 6.45) is -1.02. The number of aromatic nitrogens is 1. The Balaban J connectivity index is 2.21. The number of nitriles is 1. The molecule has 1 aliphatic carbocycles. The molecule has 2 atom stereocenters. The largest absolute Gasteiger partial charge is 0.481 e. The Bertz CT molecular complexity index is 1300. The highest BCUT2D eigenvalue weighted by molar-refractivity contribution is 6.31. The first-order chi connectivity index (χ1) is 17.4. The van der Waals surface area contributed by atoms with Crippen LogP contribution in [0.4, 0.5) is 18.9 Å². The van der Waals surface area contributed by atoms with Crippen molar-refractivity contribution in [2.45, 2.75) is 37.5 Å². The van der Waals surface area contributed by atoms with Crippen LogP contribution in [0.2, 0.25) is 0 Å². The van der Waals surface area contributed by atoms with Crippen LogP contribution in [-0.4, -0.2) is 41.7 Å². The molecule has 0 radical (unpaired) electrons. The monoisotopic (exact) mass is 533 g/mol. The molecule has 0 spiro atoms. The molecule has 0 aliphatic heterocycles. The first-order valence-corrected chi connectivity index (χ1v) is 11.5. The van der Waals surface area contributed by atoms with E-state index in [1.807, 2.05) is 0 Å². The van der Waals surface area contributed by atoms with Crippen LogP contribution in [-0.2, 0) is 25.9 Å². The molecule has 2 unspecified atom stereocenters. The lowest BCUT2D eigenvalue weighted by Gasteiger charge is -2.40. The number of aliphatic carboxylic acids is 1. The van der Waals surface area contributed by atoms with Crippen molar-refractivity contribution in [3.05, 3.63) is 82.2 Å². The first kappa shape index (κ1) is 27.9. The van der Waals surface area contributed by atoms with E-state index in [0.717, 1.165) is 11.8 Å². The Hall–Kier alpha value is -3.68. The zero-order valence-corrected chi connectivity index (χ0v) is 20.7. The molecule has 0 fully saturated rings. The Morgan fingerprint density at radius 2 is 2.03 bits per heavy atom. The number of likely N-dealkylation sites (N-methyl/N-ethyl adjacent to an activating group) is 1. The highest BCUT2D eigenvalue weighted by Crippen LogP contribution is 2.42. The summed E-state index contributed by atoms with van der Waals surface area (Å²) in [7, 11) is 1.51. The zero-order valence-electron chi connectivity index (χ0n) is 19.9. The fourth-order valence-corrected chi connectivity index (χ4v) is 4.34. The molecule has 7 nitrogen and oxygen atoms in total. The first-order valence-electron chi connectivity index (χ1n) is 11.1. The summed E-state index contributed by atoms with van der Waals surface area (Å²) in [4.78, 5) is 30.0. The van der Waals surface area contributed by atoms with Gasteiger partial charge in [0.25, 0.3) is 0 Å². The van der Waals surface area contributed by atoms with Crippen LogP contribution in [0, 0.1) is 18.3 Å². The molecule has 0 saturated heterocycles. The number of ether oxygens (including phenoxy) is 1. The number of halogens is 4. The number of para-hydroxylation sites is 1. The Labute approximate surface area is 216 Å². The normalized spacial score (nSPS) is 19.2. The number of amides is 1. The fourth-order valence-electron chi connectivity index (χ4n) is 4.16. The summed E-state index contributed by atoms with van der Waals surface area (Å²) in [5, 5.41) is 19.0. The van der Waals surface area contributed by atoms with Gasteiger partial charge in [-0.15, -0.1) is 0 Å². The summed E-state index contributed by atoms with van der Waals surface area (Å²) in [5.41, 5.74) is -2.34. The summed E-state index contributed by atoms with van der Waals surface area (Å²) in [5.74, 6) is -1.65. The molecular weight excluding hydrogens is 511 g/mol. The minimum Gasteiger partial charge on any atom is -0.481 e. The number of hydrogen-bond donors (Lipinski definition) is 1. The minimum absolute atomic E-state index is 0.0927. The Kier molecular flexibility index (Phi) is 8.41. The molecule has 1 aromatic heterocycles. The molecule has 37 heavy (non-hydrogen) atoms. The molecule has 1 aliphatic rings. The fraction of sp³-hybridized carbons (Fsp3) is 0.308. The summed E-state index contributed by atoms with van der Waals surface area (Å²) < 4.78 is 46.0. The lowest BCUT2D eigenvalue weighted by Crippen LogP contribution is -2.53. The molecule has 3 rings (SSSR count). The molecule has 1 N–H and O–H groups in total. The van der Waals surface area contributed by atoms with Crippen LogP contribution < -0.4 is 4.90 Å². The number of alkyl halides is 3. The summed E-state index contributed by atoms with van der Waals surface area (Å²) in [6, 6.07) is 9.36. The van der Waals surface area contributed by atoms with Gasteiger partial charge < -0.3 is 14.7 Å². The molecule has 0 bridgehead atoms. The van der Waals surface area contributed by atoms with Gasteiger partial charge in [-0.05, 0) is 43.2 Å². The molecular formula is C26H23ClF3N3O4.